The van der Waals surface area contributed by atoms with E-state index in [0.29, 0.717) is 23.9 Å². The van der Waals surface area contributed by atoms with Gasteiger partial charge >= 0.3 is 19.8 Å². The van der Waals surface area contributed by atoms with Gasteiger partial charge in [-0.3, -0.25) is 18.6 Å². The summed E-state index contributed by atoms with van der Waals surface area (Å²) in [4.78, 5) is 35.7. The summed E-state index contributed by atoms with van der Waals surface area (Å²) in [5.41, 5.74) is 0. The summed E-state index contributed by atoms with van der Waals surface area (Å²) in [5.74, 6) is -0.788. The molecular weight excluding hydrogens is 954 g/mol. The number of ether oxygens (including phenoxy) is 2. The molecule has 0 radical (unpaired) electrons. The maximum Gasteiger partial charge on any atom is 0.472 e. The van der Waals surface area contributed by atoms with Crippen molar-refractivity contribution in [2.75, 3.05) is 47.5 Å². The van der Waals surface area contributed by atoms with Gasteiger partial charge in [-0.1, -0.05) is 302 Å². The summed E-state index contributed by atoms with van der Waals surface area (Å²) in [7, 11) is 1.49. The third-order valence-corrected chi connectivity index (χ3v) is 16.0. The molecule has 446 valence electrons. The lowest BCUT2D eigenvalue weighted by molar-refractivity contribution is -0.870. The van der Waals surface area contributed by atoms with Crippen molar-refractivity contribution in [2.45, 2.75) is 347 Å². The molecule has 0 bridgehead atoms. The number of rotatable bonds is 62. The van der Waals surface area contributed by atoms with Gasteiger partial charge in [0, 0.05) is 12.8 Å². The van der Waals surface area contributed by atoms with Gasteiger partial charge in [0.25, 0.3) is 0 Å². The summed E-state index contributed by atoms with van der Waals surface area (Å²) in [5, 5.41) is 0. The average Bonchev–Trinajstić information content (AvgIpc) is 3.37. The number of phosphoric acid groups is 1. The molecule has 2 unspecified atom stereocenters. The maximum absolute atomic E-state index is 12.8. The predicted molar refractivity (Wildman–Crippen MR) is 321 cm³/mol. The molecule has 0 fully saturated rings. The summed E-state index contributed by atoms with van der Waals surface area (Å²) < 4.78 is 34.6. The lowest BCUT2D eigenvalue weighted by atomic mass is 10.0. The fourth-order valence-corrected chi connectivity index (χ4v) is 10.7. The molecule has 10 heteroatoms. The number of hydrogen-bond donors (Lipinski definition) is 1. The Morgan fingerprint density at radius 1 is 0.400 bits per heavy atom. The lowest BCUT2D eigenvalue weighted by Gasteiger charge is -2.24. The second-order valence-corrected chi connectivity index (χ2v) is 25.3. The van der Waals surface area contributed by atoms with Crippen molar-refractivity contribution in [1.82, 2.24) is 0 Å². The van der Waals surface area contributed by atoms with Crippen LogP contribution in [0.15, 0.2) is 12.2 Å². The second-order valence-electron chi connectivity index (χ2n) is 23.9. The summed E-state index contributed by atoms with van der Waals surface area (Å²) in [6.07, 6.45) is 69.0. The molecule has 75 heavy (non-hydrogen) atoms. The number of carbonyl (C=O) groups excluding carboxylic acids is 2. The van der Waals surface area contributed by atoms with E-state index in [-0.39, 0.29) is 25.6 Å². The number of quaternary nitrogens is 1. The molecule has 0 saturated heterocycles. The zero-order valence-electron chi connectivity index (χ0n) is 50.8. The zero-order valence-corrected chi connectivity index (χ0v) is 51.7. The minimum atomic E-state index is -4.38. The Kier molecular flexibility index (Phi) is 56.5. The number of likely N-dealkylation sites (N-methyl/N-ethyl adjacent to an activating group) is 1. The molecule has 2 atom stereocenters. The quantitative estimate of drug-likeness (QED) is 0.0211. The van der Waals surface area contributed by atoms with Crippen LogP contribution in [0, 0.1) is 0 Å². The Hall–Kier alpha value is -1.25. The van der Waals surface area contributed by atoms with E-state index in [0.717, 1.165) is 51.4 Å². The van der Waals surface area contributed by atoms with E-state index in [1.54, 1.807) is 0 Å². The smallest absolute Gasteiger partial charge is 0.462 e. The Bertz CT molecular complexity index is 1270. The van der Waals surface area contributed by atoms with Crippen LogP contribution in [0.5, 0.6) is 0 Å². The van der Waals surface area contributed by atoms with Gasteiger partial charge in [-0.2, -0.15) is 0 Å². The molecule has 1 N–H and O–H groups in total. The molecule has 0 rings (SSSR count). The van der Waals surface area contributed by atoms with Gasteiger partial charge in [-0.05, 0) is 38.5 Å². The lowest BCUT2D eigenvalue weighted by Crippen LogP contribution is -2.37. The number of esters is 2. The van der Waals surface area contributed by atoms with E-state index >= 15 is 0 Å². The average molecular weight is 1080 g/mol. The van der Waals surface area contributed by atoms with E-state index in [4.69, 9.17) is 18.5 Å². The monoisotopic (exact) mass is 1080 g/mol. The van der Waals surface area contributed by atoms with Crippen LogP contribution in [-0.4, -0.2) is 74.9 Å². The highest BCUT2D eigenvalue weighted by atomic mass is 31.2. The Balaban J connectivity index is 3.88. The molecule has 0 aromatic carbocycles. The minimum Gasteiger partial charge on any atom is -0.462 e. The molecule has 0 aromatic rings. The normalized spacial score (nSPS) is 13.2. The third-order valence-electron chi connectivity index (χ3n) is 15.0. The first-order valence-corrected chi connectivity index (χ1v) is 34.4. The predicted octanol–water partition coefficient (Wildman–Crippen LogP) is 20.8. The van der Waals surface area contributed by atoms with E-state index in [1.165, 1.54) is 257 Å². The molecule has 0 saturated carbocycles. The molecule has 0 spiro atoms. The topological polar surface area (TPSA) is 108 Å². The van der Waals surface area contributed by atoms with Crippen LogP contribution >= 0.6 is 7.82 Å². The van der Waals surface area contributed by atoms with Crippen LogP contribution in [0.2, 0.25) is 0 Å². The summed E-state index contributed by atoms with van der Waals surface area (Å²) in [6.45, 7) is 4.48. The number of nitrogens with zero attached hydrogens (tertiary/aromatic N) is 1. The van der Waals surface area contributed by atoms with E-state index in [2.05, 4.69) is 26.0 Å². The Morgan fingerprint density at radius 2 is 0.680 bits per heavy atom. The van der Waals surface area contributed by atoms with Crippen LogP contribution in [-0.2, 0) is 32.7 Å². The zero-order chi connectivity index (χ0) is 54.9. The standard InChI is InChI=1S/C65H128NO8P/c1-6-8-10-12-14-16-18-20-22-23-24-25-26-27-28-29-30-31-32-33-34-35-36-37-38-39-40-41-42-44-45-47-49-51-53-55-57-64(67)71-61-63(62-73-75(69,70)72-60-59-66(3,4)5)74-65(68)58-56-54-52-50-48-46-43-21-19-17-15-13-11-9-7-2/h21,43,63H,6-20,22-42,44-62H2,1-5H3/p+1/b43-21-. The highest BCUT2D eigenvalue weighted by molar-refractivity contribution is 7.47. The maximum atomic E-state index is 12.8. The summed E-state index contributed by atoms with van der Waals surface area (Å²) in [6, 6.07) is 0. The second kappa shape index (κ2) is 57.4. The fourth-order valence-electron chi connectivity index (χ4n) is 9.96. The van der Waals surface area contributed by atoms with Crippen LogP contribution in [0.4, 0.5) is 0 Å². The fraction of sp³-hybridized carbons (Fsp3) is 0.938. The van der Waals surface area contributed by atoms with E-state index in [1.807, 2.05) is 21.1 Å². The van der Waals surface area contributed by atoms with Gasteiger partial charge in [0.05, 0.1) is 27.7 Å². The van der Waals surface area contributed by atoms with Crippen molar-refractivity contribution in [3.05, 3.63) is 12.2 Å². The largest absolute Gasteiger partial charge is 0.472 e. The molecule has 0 aliphatic heterocycles. The van der Waals surface area contributed by atoms with Crippen molar-refractivity contribution in [2.24, 2.45) is 0 Å². The first-order chi connectivity index (χ1) is 36.5. The van der Waals surface area contributed by atoms with E-state index in [9.17, 15) is 19.0 Å². The number of allylic oxidation sites excluding steroid dienone is 2. The number of phosphoric ester groups is 1. The van der Waals surface area contributed by atoms with E-state index < -0.39 is 26.5 Å². The van der Waals surface area contributed by atoms with Crippen molar-refractivity contribution in [1.29, 1.82) is 0 Å². The Labute approximate surface area is 466 Å². The van der Waals surface area contributed by atoms with Gasteiger partial charge in [-0.25, -0.2) is 4.57 Å². The third kappa shape index (κ3) is 61.8. The number of carbonyl (C=O) groups is 2. The Morgan fingerprint density at radius 3 is 0.987 bits per heavy atom. The molecule has 0 amide bonds. The first-order valence-electron chi connectivity index (χ1n) is 32.9. The van der Waals surface area contributed by atoms with Gasteiger partial charge in [0.1, 0.15) is 19.8 Å². The highest BCUT2D eigenvalue weighted by Gasteiger charge is 2.27. The molecule has 0 aromatic heterocycles. The van der Waals surface area contributed by atoms with Crippen molar-refractivity contribution in [3.63, 3.8) is 0 Å². The summed E-state index contributed by atoms with van der Waals surface area (Å²) >= 11 is 0. The molecule has 0 heterocycles. The van der Waals surface area contributed by atoms with Crippen LogP contribution in [0.1, 0.15) is 341 Å². The van der Waals surface area contributed by atoms with Crippen LogP contribution < -0.4 is 0 Å². The molecule has 0 aliphatic carbocycles. The van der Waals surface area contributed by atoms with Gasteiger partial charge in [0.15, 0.2) is 6.10 Å². The van der Waals surface area contributed by atoms with Gasteiger partial charge < -0.3 is 18.9 Å². The minimum absolute atomic E-state index is 0.0337. The van der Waals surface area contributed by atoms with Crippen molar-refractivity contribution < 1.29 is 42.1 Å². The van der Waals surface area contributed by atoms with Crippen molar-refractivity contribution >= 4 is 19.8 Å². The highest BCUT2D eigenvalue weighted by Crippen LogP contribution is 2.43. The first kappa shape index (κ1) is 73.8. The van der Waals surface area contributed by atoms with Gasteiger partial charge in [0.2, 0.25) is 0 Å². The molecule has 0 aliphatic rings. The van der Waals surface area contributed by atoms with Gasteiger partial charge in [-0.15, -0.1) is 0 Å². The molecule has 9 nitrogen and oxygen atoms in total. The van der Waals surface area contributed by atoms with Crippen molar-refractivity contribution in [3.8, 4) is 0 Å². The van der Waals surface area contributed by atoms with Crippen LogP contribution in [0.25, 0.3) is 0 Å². The molecular formula is C65H129NO8P+. The number of unbranched alkanes of at least 4 members (excludes halogenated alkanes) is 46. The SMILES string of the molecule is CCCCCCCC/C=C\CCCCCCCC(=O)OC(COC(=O)CCCCCCCCCCCCCCCCCCCCCCCCCCCCCCCCCCCCCC)COP(=O)(O)OCC[N+](C)(C)C. The number of hydrogen-bond acceptors (Lipinski definition) is 7. The van der Waals surface area contributed by atoms with Crippen LogP contribution in [0.3, 0.4) is 0 Å².